The van der Waals surface area contributed by atoms with E-state index >= 15 is 0 Å². The molecule has 0 aliphatic rings. The first-order valence-corrected chi connectivity index (χ1v) is 16.2. The topological polar surface area (TPSA) is 22.1 Å². The van der Waals surface area contributed by atoms with Crippen molar-refractivity contribution < 1.29 is 4.74 Å². The fraction of sp³-hybridized carbons (Fsp3) is 0.267. The molecule has 0 atom stereocenters. The van der Waals surface area contributed by atoms with Crippen molar-refractivity contribution in [3.05, 3.63) is 54.2 Å². The Morgan fingerprint density at radius 2 is 1.72 bits per heavy atom. The molecule has 18 heavy (non-hydrogen) atoms. The molecule has 0 unspecified atom stereocenters. The maximum atomic E-state index is 5.89. The molecule has 0 saturated heterocycles. The summed E-state index contributed by atoms with van der Waals surface area (Å²) in [6.07, 6.45) is 1.81. The average molecular weight is 348 g/mol. The number of aromatic nitrogens is 1. The van der Waals surface area contributed by atoms with E-state index in [1.807, 2.05) is 24.3 Å². The first-order valence-electron chi connectivity index (χ1n) is 6.19. The van der Waals surface area contributed by atoms with Gasteiger partial charge in [-0.1, -0.05) is 0 Å². The van der Waals surface area contributed by atoms with E-state index in [4.69, 9.17) is 4.74 Å². The van der Waals surface area contributed by atoms with Gasteiger partial charge in [-0.2, -0.15) is 0 Å². The molecule has 2 nitrogen and oxygen atoms in total. The summed E-state index contributed by atoms with van der Waals surface area (Å²) in [6.45, 7) is 0.590. The number of benzene rings is 1. The van der Waals surface area contributed by atoms with Crippen molar-refractivity contribution in [2.45, 2.75) is 21.4 Å². The van der Waals surface area contributed by atoms with Crippen LogP contribution in [-0.2, 0) is 6.61 Å². The predicted octanol–water partition coefficient (Wildman–Crippen LogP) is 3.21. The monoisotopic (exact) mass is 349 g/mol. The van der Waals surface area contributed by atoms with Crippen molar-refractivity contribution in [2.75, 3.05) is 0 Å². The fourth-order valence-corrected chi connectivity index (χ4v) is 5.73. The Morgan fingerprint density at radius 3 is 2.39 bits per heavy atom. The summed E-state index contributed by atoms with van der Waals surface area (Å²) in [5.41, 5.74) is 1.18. The van der Waals surface area contributed by atoms with Gasteiger partial charge in [0, 0.05) is 0 Å². The fourth-order valence-electron chi connectivity index (χ4n) is 1.80. The zero-order chi connectivity index (χ0) is 13.0. The van der Waals surface area contributed by atoms with Gasteiger partial charge in [0.05, 0.1) is 0 Å². The van der Waals surface area contributed by atoms with Gasteiger partial charge in [0.1, 0.15) is 0 Å². The van der Waals surface area contributed by atoms with Crippen LogP contribution in [0.5, 0.6) is 5.88 Å². The summed E-state index contributed by atoms with van der Waals surface area (Å²) in [5.74, 6) is 0.824. The number of nitrogens with zero attached hydrogens (tertiary/aromatic N) is 1. The number of hydrogen-bond donors (Lipinski definition) is 0. The van der Waals surface area contributed by atoms with Gasteiger partial charge in [0.25, 0.3) is 0 Å². The number of pyridine rings is 1. The zero-order valence-electron chi connectivity index (χ0n) is 11.2. The van der Waals surface area contributed by atoms with E-state index < -0.39 is 18.4 Å². The molecule has 0 radical (unpaired) electrons. The van der Waals surface area contributed by atoms with Crippen molar-refractivity contribution in [2.24, 2.45) is 0 Å². The molecule has 0 saturated carbocycles. The second-order valence-corrected chi connectivity index (χ2v) is 19.8. The summed E-state index contributed by atoms with van der Waals surface area (Å²) < 4.78 is 7.24. The van der Waals surface area contributed by atoms with Gasteiger partial charge in [-0.3, -0.25) is 0 Å². The Labute approximate surface area is 113 Å². The molecular formula is C15H19NOSn. The number of hydrogen-bond acceptors (Lipinski definition) is 2. The number of rotatable bonds is 4. The van der Waals surface area contributed by atoms with Gasteiger partial charge in [-0.05, 0) is 0 Å². The third-order valence-electron chi connectivity index (χ3n) is 2.80. The Hall–Kier alpha value is -1.03. The van der Waals surface area contributed by atoms with Crippen molar-refractivity contribution in [1.29, 1.82) is 0 Å². The van der Waals surface area contributed by atoms with Crippen LogP contribution >= 0.6 is 0 Å². The molecule has 0 bridgehead atoms. The Kier molecular flexibility index (Phi) is 4.27. The second kappa shape index (κ2) is 5.74. The zero-order valence-corrected chi connectivity index (χ0v) is 14.0. The molecule has 2 aromatic rings. The molecule has 1 aromatic carbocycles. The Morgan fingerprint density at radius 1 is 1.00 bits per heavy atom. The maximum absolute atomic E-state index is 5.89. The minimum absolute atomic E-state index is 0.590. The van der Waals surface area contributed by atoms with Crippen LogP contribution in [0, 0.1) is 0 Å². The summed E-state index contributed by atoms with van der Waals surface area (Å²) in [6, 6.07) is 14.4. The Bertz CT molecular complexity index is 505. The molecule has 3 heteroatoms. The van der Waals surface area contributed by atoms with Crippen molar-refractivity contribution in [3.8, 4) is 5.88 Å². The van der Waals surface area contributed by atoms with Gasteiger partial charge in [-0.25, -0.2) is 0 Å². The Balaban J connectivity index is 2.15. The van der Waals surface area contributed by atoms with Gasteiger partial charge in [-0.15, -0.1) is 0 Å². The summed E-state index contributed by atoms with van der Waals surface area (Å²) >= 11 is -2.14. The first-order chi connectivity index (χ1) is 8.57. The molecule has 0 fully saturated rings. The third-order valence-corrected chi connectivity index (χ3v) is 8.50. The van der Waals surface area contributed by atoms with Crippen LogP contribution in [0.4, 0.5) is 0 Å². The first kappa shape index (κ1) is 13.4. The van der Waals surface area contributed by atoms with E-state index in [-0.39, 0.29) is 0 Å². The van der Waals surface area contributed by atoms with Gasteiger partial charge in [0.15, 0.2) is 0 Å². The molecule has 0 spiro atoms. The van der Waals surface area contributed by atoms with E-state index in [2.05, 4.69) is 38.0 Å². The van der Waals surface area contributed by atoms with E-state index in [0.29, 0.717) is 6.61 Å². The van der Waals surface area contributed by atoms with Gasteiger partial charge >= 0.3 is 113 Å². The molecule has 0 aliphatic carbocycles. The summed E-state index contributed by atoms with van der Waals surface area (Å²) in [7, 11) is 0. The van der Waals surface area contributed by atoms with Crippen LogP contribution in [0.2, 0.25) is 14.8 Å². The standard InChI is InChI=1S/C12H10NO.3CH3.Sn/c1-2-6-11(7-3-1)10-14-12-8-4-5-9-13-12;;;;/h1-7,9H,10H2;3*1H3;. The van der Waals surface area contributed by atoms with Crippen LogP contribution in [0.1, 0.15) is 5.56 Å². The molecule has 0 N–H and O–H groups in total. The minimum atomic E-state index is -2.14. The van der Waals surface area contributed by atoms with E-state index in [0.717, 1.165) is 5.88 Å². The molecule has 0 amide bonds. The van der Waals surface area contributed by atoms with Crippen LogP contribution in [0.15, 0.2) is 48.7 Å². The van der Waals surface area contributed by atoms with Crippen LogP contribution in [0.3, 0.4) is 0 Å². The van der Waals surface area contributed by atoms with E-state index in [1.165, 1.54) is 9.14 Å². The van der Waals surface area contributed by atoms with Crippen molar-refractivity contribution >= 4 is 22.0 Å². The van der Waals surface area contributed by atoms with Crippen LogP contribution in [0.25, 0.3) is 0 Å². The third kappa shape index (κ3) is 3.48. The van der Waals surface area contributed by atoms with Crippen molar-refractivity contribution in [3.63, 3.8) is 0 Å². The summed E-state index contributed by atoms with van der Waals surface area (Å²) in [5, 5.41) is 0. The van der Waals surface area contributed by atoms with Gasteiger partial charge in [0.2, 0.25) is 0 Å². The molecule has 0 aliphatic heterocycles. The molecule has 2 rings (SSSR count). The molecular weight excluding hydrogens is 329 g/mol. The van der Waals surface area contributed by atoms with Gasteiger partial charge < -0.3 is 0 Å². The quantitative estimate of drug-likeness (QED) is 0.792. The number of ether oxygens (including phenoxy) is 1. The van der Waals surface area contributed by atoms with Crippen LogP contribution < -0.4 is 8.32 Å². The SMILES string of the molecule is [CH3][Sn]([CH3])([CH3])[c]1cccnc1OCc1ccccc1. The molecule has 1 heterocycles. The molecule has 1 aromatic heterocycles. The van der Waals surface area contributed by atoms with E-state index in [9.17, 15) is 0 Å². The van der Waals surface area contributed by atoms with Crippen molar-refractivity contribution in [1.82, 2.24) is 4.98 Å². The predicted molar refractivity (Wildman–Crippen MR) is 78.0 cm³/mol. The normalized spacial score (nSPS) is 11.3. The second-order valence-electron chi connectivity index (χ2n) is 5.38. The van der Waals surface area contributed by atoms with E-state index in [1.54, 1.807) is 6.20 Å². The summed E-state index contributed by atoms with van der Waals surface area (Å²) in [4.78, 5) is 11.5. The van der Waals surface area contributed by atoms with Crippen LogP contribution in [-0.4, -0.2) is 23.4 Å². The average Bonchev–Trinajstić information content (AvgIpc) is 2.37. The molecule has 94 valence electrons.